The lowest BCUT2D eigenvalue weighted by molar-refractivity contribution is -0.114. The number of pyridine rings is 1. The number of aromatic nitrogens is 3. The first-order valence-electron chi connectivity index (χ1n) is 11.0. The molecule has 1 aliphatic heterocycles. The fraction of sp³-hybridized carbons (Fsp3) is 0.320. The van der Waals surface area contributed by atoms with Crippen LogP contribution in [0.1, 0.15) is 41.7 Å². The van der Waals surface area contributed by atoms with Crippen LogP contribution in [-0.4, -0.2) is 58.9 Å². The number of hydrogen-bond acceptors (Lipinski definition) is 6. The van der Waals surface area contributed by atoms with E-state index in [9.17, 15) is 9.59 Å². The molecule has 4 rings (SSSR count). The van der Waals surface area contributed by atoms with Crippen molar-refractivity contribution in [2.75, 3.05) is 37.4 Å². The molecule has 170 valence electrons. The van der Waals surface area contributed by atoms with Crippen molar-refractivity contribution in [3.8, 4) is 11.4 Å². The summed E-state index contributed by atoms with van der Waals surface area (Å²) in [6.07, 6.45) is 5.19. The van der Waals surface area contributed by atoms with Gasteiger partial charge in [-0.3, -0.25) is 14.6 Å². The number of nitrogens with zero attached hydrogens (tertiary/aromatic N) is 5. The molecule has 1 aliphatic rings. The monoisotopic (exact) mass is 444 g/mol. The van der Waals surface area contributed by atoms with Gasteiger partial charge in [-0.05, 0) is 49.2 Å². The van der Waals surface area contributed by atoms with Crippen LogP contribution < -0.4 is 10.2 Å². The van der Waals surface area contributed by atoms with Crippen molar-refractivity contribution in [2.45, 2.75) is 25.7 Å². The average molecular weight is 445 g/mol. The van der Waals surface area contributed by atoms with Crippen LogP contribution in [0.5, 0.6) is 0 Å². The quantitative estimate of drug-likeness (QED) is 0.647. The van der Waals surface area contributed by atoms with E-state index < -0.39 is 0 Å². The first kappa shape index (κ1) is 22.4. The predicted molar refractivity (Wildman–Crippen MR) is 128 cm³/mol. The van der Waals surface area contributed by atoms with E-state index in [-0.39, 0.29) is 17.7 Å². The second-order valence-corrected chi connectivity index (χ2v) is 8.44. The molecule has 0 bridgehead atoms. The number of benzene rings is 1. The summed E-state index contributed by atoms with van der Waals surface area (Å²) < 4.78 is 0. The maximum absolute atomic E-state index is 13.0. The van der Waals surface area contributed by atoms with Crippen LogP contribution in [0.15, 0.2) is 54.9 Å². The molecule has 2 aromatic heterocycles. The van der Waals surface area contributed by atoms with Gasteiger partial charge in [0.25, 0.3) is 5.91 Å². The molecular formula is C25H28N6O2. The van der Waals surface area contributed by atoms with Gasteiger partial charge in [0.1, 0.15) is 5.82 Å². The van der Waals surface area contributed by atoms with Gasteiger partial charge in [0.2, 0.25) is 5.91 Å². The standard InChI is InChI=1S/C25H28N6O2/c1-17(32)27-21-8-6-19(7-9-21)25(33)31-13-10-18(11-14-31)22-15-23(30(2)3)29-24(28-22)20-5-4-12-26-16-20/h4-9,12,15-16,18H,10-11,13-14H2,1-3H3,(H,27,32). The van der Waals surface area contributed by atoms with Gasteiger partial charge in [0.05, 0.1) is 0 Å². The fourth-order valence-corrected chi connectivity index (χ4v) is 3.98. The number of amides is 2. The van der Waals surface area contributed by atoms with E-state index in [1.54, 1.807) is 36.7 Å². The highest BCUT2D eigenvalue weighted by molar-refractivity contribution is 5.95. The zero-order chi connectivity index (χ0) is 23.4. The molecule has 33 heavy (non-hydrogen) atoms. The molecule has 3 heterocycles. The third-order valence-corrected chi connectivity index (χ3v) is 5.76. The van der Waals surface area contributed by atoms with E-state index in [0.717, 1.165) is 29.9 Å². The molecule has 0 aliphatic carbocycles. The Bertz CT molecular complexity index is 1120. The molecule has 0 unspecified atom stereocenters. The Balaban J connectivity index is 1.46. The number of anilines is 2. The average Bonchev–Trinajstić information content (AvgIpc) is 2.84. The van der Waals surface area contributed by atoms with E-state index in [0.29, 0.717) is 30.2 Å². The van der Waals surface area contributed by atoms with Gasteiger partial charge in [-0.15, -0.1) is 0 Å². The van der Waals surface area contributed by atoms with Gasteiger partial charge in [0.15, 0.2) is 5.82 Å². The maximum atomic E-state index is 13.0. The Morgan fingerprint density at radius 1 is 1.06 bits per heavy atom. The van der Waals surface area contributed by atoms with Crippen molar-refractivity contribution in [3.05, 3.63) is 66.1 Å². The van der Waals surface area contributed by atoms with Crippen molar-refractivity contribution >= 4 is 23.3 Å². The normalized spacial score (nSPS) is 14.1. The number of carbonyl (C=O) groups excluding carboxylic acids is 2. The molecule has 0 spiro atoms. The molecule has 0 atom stereocenters. The number of rotatable bonds is 5. The van der Waals surface area contributed by atoms with Crippen molar-refractivity contribution in [2.24, 2.45) is 0 Å². The minimum Gasteiger partial charge on any atom is -0.363 e. The van der Waals surface area contributed by atoms with E-state index in [1.807, 2.05) is 42.1 Å². The van der Waals surface area contributed by atoms with E-state index in [4.69, 9.17) is 4.98 Å². The van der Waals surface area contributed by atoms with Crippen LogP contribution in [0.3, 0.4) is 0 Å². The fourth-order valence-electron chi connectivity index (χ4n) is 3.98. The Labute approximate surface area is 193 Å². The summed E-state index contributed by atoms with van der Waals surface area (Å²) in [5, 5.41) is 2.72. The van der Waals surface area contributed by atoms with Gasteiger partial charge in [-0.2, -0.15) is 0 Å². The molecule has 3 aromatic rings. The van der Waals surface area contributed by atoms with Gasteiger partial charge in [-0.1, -0.05) is 0 Å². The highest BCUT2D eigenvalue weighted by Gasteiger charge is 2.26. The van der Waals surface area contributed by atoms with Crippen LogP contribution in [0.25, 0.3) is 11.4 Å². The molecular weight excluding hydrogens is 416 g/mol. The smallest absolute Gasteiger partial charge is 0.253 e. The van der Waals surface area contributed by atoms with Gasteiger partial charge >= 0.3 is 0 Å². The lowest BCUT2D eigenvalue weighted by Crippen LogP contribution is -2.38. The minimum atomic E-state index is -0.134. The summed E-state index contributed by atoms with van der Waals surface area (Å²) in [6.45, 7) is 2.79. The van der Waals surface area contributed by atoms with Crippen LogP contribution in [0.2, 0.25) is 0 Å². The Kier molecular flexibility index (Phi) is 6.63. The summed E-state index contributed by atoms with van der Waals surface area (Å²) in [5.74, 6) is 1.66. The molecule has 8 heteroatoms. The van der Waals surface area contributed by atoms with Gasteiger partial charge < -0.3 is 15.1 Å². The molecule has 1 fully saturated rings. The topological polar surface area (TPSA) is 91.3 Å². The van der Waals surface area contributed by atoms with Crippen molar-refractivity contribution in [1.29, 1.82) is 0 Å². The summed E-state index contributed by atoms with van der Waals surface area (Å²) >= 11 is 0. The number of piperidine rings is 1. The first-order chi connectivity index (χ1) is 15.9. The third-order valence-electron chi connectivity index (χ3n) is 5.76. The molecule has 1 N–H and O–H groups in total. The summed E-state index contributed by atoms with van der Waals surface area (Å²) in [5.41, 5.74) is 3.19. The maximum Gasteiger partial charge on any atom is 0.253 e. The van der Waals surface area contributed by atoms with Gasteiger partial charge in [-0.25, -0.2) is 9.97 Å². The van der Waals surface area contributed by atoms with Crippen molar-refractivity contribution in [1.82, 2.24) is 19.9 Å². The SMILES string of the molecule is CC(=O)Nc1ccc(C(=O)N2CCC(c3cc(N(C)C)nc(-c4cccnc4)n3)CC2)cc1. The zero-order valence-corrected chi connectivity index (χ0v) is 19.2. The van der Waals surface area contributed by atoms with Gasteiger partial charge in [0, 0.05) is 81.0 Å². The first-order valence-corrected chi connectivity index (χ1v) is 11.0. The number of likely N-dealkylation sites (tertiary alicyclic amines) is 1. The third kappa shape index (κ3) is 5.34. The number of hydrogen-bond donors (Lipinski definition) is 1. The minimum absolute atomic E-state index is 0.00976. The molecule has 0 saturated carbocycles. The summed E-state index contributed by atoms with van der Waals surface area (Å²) in [7, 11) is 3.94. The Hall–Kier alpha value is -3.81. The van der Waals surface area contributed by atoms with Crippen LogP contribution >= 0.6 is 0 Å². The van der Waals surface area contributed by atoms with Crippen LogP contribution in [-0.2, 0) is 4.79 Å². The largest absolute Gasteiger partial charge is 0.363 e. The molecule has 8 nitrogen and oxygen atoms in total. The van der Waals surface area contributed by atoms with E-state index >= 15 is 0 Å². The molecule has 0 radical (unpaired) electrons. The second kappa shape index (κ2) is 9.77. The Morgan fingerprint density at radius 2 is 1.79 bits per heavy atom. The second-order valence-electron chi connectivity index (χ2n) is 8.44. The zero-order valence-electron chi connectivity index (χ0n) is 19.2. The van der Waals surface area contributed by atoms with E-state index in [2.05, 4.69) is 15.3 Å². The predicted octanol–water partition coefficient (Wildman–Crippen LogP) is 3.58. The highest BCUT2D eigenvalue weighted by Crippen LogP contribution is 2.30. The van der Waals surface area contributed by atoms with Crippen molar-refractivity contribution in [3.63, 3.8) is 0 Å². The lowest BCUT2D eigenvalue weighted by Gasteiger charge is -2.32. The molecule has 2 amide bonds. The number of nitrogens with one attached hydrogen (secondary N) is 1. The van der Waals surface area contributed by atoms with Crippen LogP contribution in [0, 0.1) is 0 Å². The number of carbonyl (C=O) groups is 2. The van der Waals surface area contributed by atoms with Crippen LogP contribution in [0.4, 0.5) is 11.5 Å². The van der Waals surface area contributed by atoms with Crippen molar-refractivity contribution < 1.29 is 9.59 Å². The molecule has 1 saturated heterocycles. The lowest BCUT2D eigenvalue weighted by atomic mass is 9.92. The Morgan fingerprint density at radius 3 is 2.39 bits per heavy atom. The summed E-state index contributed by atoms with van der Waals surface area (Å²) in [4.78, 5) is 41.8. The molecule has 1 aromatic carbocycles. The highest BCUT2D eigenvalue weighted by atomic mass is 16.2. The van der Waals surface area contributed by atoms with E-state index in [1.165, 1.54) is 6.92 Å². The summed E-state index contributed by atoms with van der Waals surface area (Å²) in [6, 6.07) is 12.9.